The van der Waals surface area contributed by atoms with Gasteiger partial charge in [0, 0.05) is 6.42 Å². The fraction of sp³-hybridized carbons (Fsp3) is 0.929. The lowest BCUT2D eigenvalue weighted by atomic mass is 9.95. The highest BCUT2D eigenvalue weighted by Gasteiger charge is 2.14. The summed E-state index contributed by atoms with van der Waals surface area (Å²) in [6.45, 7) is 5.01. The SMILES string of the molecule is CCCCCCOC(=O)CCC1CCCNC1. The average molecular weight is 241 g/mol. The summed E-state index contributed by atoms with van der Waals surface area (Å²) >= 11 is 0. The molecule has 1 fully saturated rings. The van der Waals surface area contributed by atoms with Crippen molar-refractivity contribution in [3.63, 3.8) is 0 Å². The molecule has 1 unspecified atom stereocenters. The van der Waals surface area contributed by atoms with Crippen molar-refractivity contribution in [1.29, 1.82) is 0 Å². The molecule has 0 radical (unpaired) electrons. The Kier molecular flexibility index (Phi) is 8.06. The molecule has 0 bridgehead atoms. The second kappa shape index (κ2) is 9.46. The Balaban J connectivity index is 1.93. The van der Waals surface area contributed by atoms with E-state index in [9.17, 15) is 4.79 Å². The van der Waals surface area contributed by atoms with Crippen LogP contribution in [0.5, 0.6) is 0 Å². The van der Waals surface area contributed by atoms with Crippen LogP contribution in [-0.2, 0) is 9.53 Å². The molecule has 3 heteroatoms. The molecule has 1 rings (SSSR count). The van der Waals surface area contributed by atoms with Crippen LogP contribution in [0, 0.1) is 5.92 Å². The molecule has 0 amide bonds. The van der Waals surface area contributed by atoms with Gasteiger partial charge in [0.15, 0.2) is 0 Å². The van der Waals surface area contributed by atoms with Crippen molar-refractivity contribution in [2.75, 3.05) is 19.7 Å². The molecule has 100 valence electrons. The van der Waals surface area contributed by atoms with E-state index >= 15 is 0 Å². The lowest BCUT2D eigenvalue weighted by Crippen LogP contribution is -2.30. The molecule has 17 heavy (non-hydrogen) atoms. The Bertz CT molecular complexity index is 200. The average Bonchev–Trinajstić information content (AvgIpc) is 2.37. The quantitative estimate of drug-likeness (QED) is 0.524. The molecule has 3 nitrogen and oxygen atoms in total. The molecule has 0 aromatic heterocycles. The van der Waals surface area contributed by atoms with Gasteiger partial charge in [-0.2, -0.15) is 0 Å². The van der Waals surface area contributed by atoms with Crippen LogP contribution < -0.4 is 5.32 Å². The summed E-state index contributed by atoms with van der Waals surface area (Å²) in [5, 5.41) is 3.37. The fourth-order valence-corrected chi connectivity index (χ4v) is 2.28. The molecule has 1 saturated heterocycles. The zero-order chi connectivity index (χ0) is 12.3. The highest BCUT2D eigenvalue weighted by molar-refractivity contribution is 5.69. The van der Waals surface area contributed by atoms with Crippen LogP contribution in [0.1, 0.15) is 58.3 Å². The molecule has 0 aromatic rings. The number of piperidine rings is 1. The number of unbranched alkanes of at least 4 members (excludes halogenated alkanes) is 3. The number of carbonyl (C=O) groups excluding carboxylic acids is 1. The monoisotopic (exact) mass is 241 g/mol. The van der Waals surface area contributed by atoms with Crippen LogP contribution in [0.3, 0.4) is 0 Å². The number of carbonyl (C=O) groups is 1. The van der Waals surface area contributed by atoms with E-state index in [1.54, 1.807) is 0 Å². The van der Waals surface area contributed by atoms with Crippen molar-refractivity contribution in [3.05, 3.63) is 0 Å². The van der Waals surface area contributed by atoms with Gasteiger partial charge in [0.05, 0.1) is 6.61 Å². The Morgan fingerprint density at radius 1 is 1.35 bits per heavy atom. The number of ether oxygens (including phenoxy) is 1. The molecular formula is C14H27NO2. The molecular weight excluding hydrogens is 214 g/mol. The predicted molar refractivity (Wildman–Crippen MR) is 69.9 cm³/mol. The maximum Gasteiger partial charge on any atom is 0.305 e. The van der Waals surface area contributed by atoms with Gasteiger partial charge in [0.1, 0.15) is 0 Å². The fourth-order valence-electron chi connectivity index (χ4n) is 2.28. The minimum Gasteiger partial charge on any atom is -0.466 e. The largest absolute Gasteiger partial charge is 0.466 e. The third kappa shape index (κ3) is 7.37. The Hall–Kier alpha value is -0.570. The zero-order valence-corrected chi connectivity index (χ0v) is 11.2. The van der Waals surface area contributed by atoms with E-state index in [2.05, 4.69) is 12.2 Å². The van der Waals surface area contributed by atoms with E-state index in [0.717, 1.165) is 25.9 Å². The van der Waals surface area contributed by atoms with E-state index in [1.165, 1.54) is 32.1 Å². The van der Waals surface area contributed by atoms with Gasteiger partial charge < -0.3 is 10.1 Å². The number of hydrogen-bond acceptors (Lipinski definition) is 3. The first-order valence-electron chi connectivity index (χ1n) is 7.19. The second-order valence-corrected chi connectivity index (χ2v) is 5.03. The Labute approximate surface area is 105 Å². The maximum atomic E-state index is 11.5. The number of nitrogens with one attached hydrogen (secondary N) is 1. The zero-order valence-electron chi connectivity index (χ0n) is 11.2. The lowest BCUT2D eigenvalue weighted by molar-refractivity contribution is -0.144. The summed E-state index contributed by atoms with van der Waals surface area (Å²) in [5.74, 6) is 0.670. The van der Waals surface area contributed by atoms with Crippen LogP contribution in [-0.4, -0.2) is 25.7 Å². The standard InChI is InChI=1S/C14H27NO2/c1-2-3-4-5-11-17-14(16)9-8-13-7-6-10-15-12-13/h13,15H,2-12H2,1H3. The van der Waals surface area contributed by atoms with Gasteiger partial charge >= 0.3 is 5.97 Å². The predicted octanol–water partition coefficient (Wildman–Crippen LogP) is 2.89. The Morgan fingerprint density at radius 2 is 2.24 bits per heavy atom. The lowest BCUT2D eigenvalue weighted by Gasteiger charge is -2.22. The summed E-state index contributed by atoms with van der Waals surface area (Å²) in [5.41, 5.74) is 0. The van der Waals surface area contributed by atoms with E-state index in [0.29, 0.717) is 18.9 Å². The third-order valence-corrected chi connectivity index (χ3v) is 3.42. The topological polar surface area (TPSA) is 38.3 Å². The van der Waals surface area contributed by atoms with Crippen LogP contribution in [0.4, 0.5) is 0 Å². The summed E-state index contributed by atoms with van der Waals surface area (Å²) in [6, 6.07) is 0. The van der Waals surface area contributed by atoms with Crippen molar-refractivity contribution in [2.24, 2.45) is 5.92 Å². The van der Waals surface area contributed by atoms with Crippen molar-refractivity contribution < 1.29 is 9.53 Å². The molecule has 1 aliphatic rings. The second-order valence-electron chi connectivity index (χ2n) is 5.03. The summed E-state index contributed by atoms with van der Waals surface area (Å²) in [7, 11) is 0. The van der Waals surface area contributed by atoms with Gasteiger partial charge in [-0.25, -0.2) is 0 Å². The first-order chi connectivity index (χ1) is 8.33. The minimum atomic E-state index is -0.00734. The van der Waals surface area contributed by atoms with E-state index in [1.807, 2.05) is 0 Å². The molecule has 0 aromatic carbocycles. The Morgan fingerprint density at radius 3 is 2.94 bits per heavy atom. The van der Waals surface area contributed by atoms with Crippen LogP contribution in [0.2, 0.25) is 0 Å². The highest BCUT2D eigenvalue weighted by atomic mass is 16.5. The van der Waals surface area contributed by atoms with E-state index < -0.39 is 0 Å². The molecule has 1 atom stereocenters. The minimum absolute atomic E-state index is 0.00734. The van der Waals surface area contributed by atoms with Gasteiger partial charge in [0.2, 0.25) is 0 Å². The normalized spacial score (nSPS) is 20.2. The molecule has 0 saturated carbocycles. The van der Waals surface area contributed by atoms with E-state index in [4.69, 9.17) is 4.74 Å². The van der Waals surface area contributed by atoms with Gasteiger partial charge in [-0.3, -0.25) is 4.79 Å². The summed E-state index contributed by atoms with van der Waals surface area (Å²) in [4.78, 5) is 11.5. The number of esters is 1. The van der Waals surface area contributed by atoms with Crippen molar-refractivity contribution >= 4 is 5.97 Å². The number of hydrogen-bond donors (Lipinski definition) is 1. The first kappa shape index (κ1) is 14.5. The van der Waals surface area contributed by atoms with E-state index in [-0.39, 0.29) is 5.97 Å². The summed E-state index contributed by atoms with van der Waals surface area (Å²) in [6.07, 6.45) is 8.75. The van der Waals surface area contributed by atoms with Crippen LogP contribution in [0.25, 0.3) is 0 Å². The van der Waals surface area contributed by atoms with Crippen LogP contribution in [0.15, 0.2) is 0 Å². The molecule has 0 spiro atoms. The van der Waals surface area contributed by atoms with Gasteiger partial charge in [-0.1, -0.05) is 26.2 Å². The molecule has 1 heterocycles. The van der Waals surface area contributed by atoms with Gasteiger partial charge in [0.25, 0.3) is 0 Å². The highest BCUT2D eigenvalue weighted by Crippen LogP contribution is 2.16. The molecule has 1 aliphatic heterocycles. The van der Waals surface area contributed by atoms with Gasteiger partial charge in [-0.15, -0.1) is 0 Å². The van der Waals surface area contributed by atoms with Gasteiger partial charge in [-0.05, 0) is 44.7 Å². The maximum absolute atomic E-state index is 11.5. The van der Waals surface area contributed by atoms with Crippen LogP contribution >= 0.6 is 0 Å². The molecule has 0 aliphatic carbocycles. The van der Waals surface area contributed by atoms with Crippen molar-refractivity contribution in [1.82, 2.24) is 5.32 Å². The van der Waals surface area contributed by atoms with Crippen molar-refractivity contribution in [3.8, 4) is 0 Å². The van der Waals surface area contributed by atoms with Crippen molar-refractivity contribution in [2.45, 2.75) is 58.3 Å². The first-order valence-corrected chi connectivity index (χ1v) is 7.19. The number of rotatable bonds is 8. The summed E-state index contributed by atoms with van der Waals surface area (Å²) < 4.78 is 5.22. The molecule has 1 N–H and O–H groups in total. The smallest absolute Gasteiger partial charge is 0.305 e. The third-order valence-electron chi connectivity index (χ3n) is 3.42.